The van der Waals surface area contributed by atoms with Gasteiger partial charge in [0, 0.05) is 38.8 Å². The molecule has 1 atom stereocenters. The number of sulfonamides is 1. The minimum absolute atomic E-state index is 0.0665. The largest absolute Gasteiger partial charge is 0.327 e. The normalized spacial score (nSPS) is 16.1. The van der Waals surface area contributed by atoms with Gasteiger partial charge in [0.1, 0.15) is 0 Å². The summed E-state index contributed by atoms with van der Waals surface area (Å²) in [6.45, 7) is 2.36. The van der Waals surface area contributed by atoms with Gasteiger partial charge in [0.05, 0.1) is 4.90 Å². The number of carbonyl (C=O) groups excluding carboxylic acids is 1. The molecule has 0 radical (unpaired) electrons. The molecule has 1 heterocycles. The van der Waals surface area contributed by atoms with Crippen molar-refractivity contribution < 1.29 is 13.2 Å². The van der Waals surface area contributed by atoms with Crippen LogP contribution in [-0.2, 0) is 21.2 Å². The summed E-state index contributed by atoms with van der Waals surface area (Å²) in [5.74, 6) is -0.0665. The zero-order chi connectivity index (χ0) is 15.8. The van der Waals surface area contributed by atoms with Crippen LogP contribution >= 0.6 is 0 Å². The summed E-state index contributed by atoms with van der Waals surface area (Å²) in [5.41, 5.74) is 7.35. The molecule has 2 rings (SSSR count). The number of fused-ring (bicyclic) bond motifs is 1. The van der Waals surface area contributed by atoms with Gasteiger partial charge in [0.15, 0.2) is 0 Å². The van der Waals surface area contributed by atoms with E-state index in [9.17, 15) is 13.2 Å². The van der Waals surface area contributed by atoms with Crippen molar-refractivity contribution in [3.63, 3.8) is 0 Å². The van der Waals surface area contributed by atoms with Crippen molar-refractivity contribution in [3.05, 3.63) is 23.8 Å². The molecular weight excluding hydrogens is 290 g/mol. The van der Waals surface area contributed by atoms with Crippen molar-refractivity contribution in [1.82, 2.24) is 4.31 Å². The molecule has 0 fully saturated rings. The van der Waals surface area contributed by atoms with Crippen LogP contribution < -0.4 is 10.6 Å². The number of benzene rings is 1. The molecule has 6 nitrogen and oxygen atoms in total. The minimum Gasteiger partial charge on any atom is -0.327 e. The lowest BCUT2D eigenvalue weighted by Gasteiger charge is -2.19. The first kappa shape index (κ1) is 15.9. The summed E-state index contributed by atoms with van der Waals surface area (Å²) in [5, 5.41) is 0. The van der Waals surface area contributed by atoms with Gasteiger partial charge in [0.25, 0.3) is 0 Å². The van der Waals surface area contributed by atoms with Crippen molar-refractivity contribution in [2.45, 2.75) is 30.7 Å². The van der Waals surface area contributed by atoms with Crippen LogP contribution in [0, 0.1) is 0 Å². The summed E-state index contributed by atoms with van der Waals surface area (Å²) < 4.78 is 25.5. The Labute approximate surface area is 125 Å². The van der Waals surface area contributed by atoms with Crippen LogP contribution in [0.2, 0.25) is 0 Å². The van der Waals surface area contributed by atoms with Crippen LogP contribution in [0.25, 0.3) is 0 Å². The quantitative estimate of drug-likeness (QED) is 0.881. The smallest absolute Gasteiger partial charge is 0.242 e. The SMILES string of the molecule is CC(N)CC(=O)N1CCc2ccc(S(=O)(=O)N(C)C)cc21. The van der Waals surface area contributed by atoms with Crippen LogP contribution in [0.1, 0.15) is 18.9 Å². The molecule has 1 unspecified atom stereocenters. The lowest BCUT2D eigenvalue weighted by Crippen LogP contribution is -2.33. The number of hydrogen-bond acceptors (Lipinski definition) is 4. The molecular formula is C14H21N3O3S. The number of anilines is 1. The van der Waals surface area contributed by atoms with E-state index in [1.54, 1.807) is 30.0 Å². The van der Waals surface area contributed by atoms with Crippen LogP contribution in [0.3, 0.4) is 0 Å². The maximum Gasteiger partial charge on any atom is 0.242 e. The maximum absolute atomic E-state index is 12.2. The number of carbonyl (C=O) groups is 1. The zero-order valence-electron chi connectivity index (χ0n) is 12.5. The Hall–Kier alpha value is -1.44. The third-order valence-electron chi connectivity index (χ3n) is 3.53. The lowest BCUT2D eigenvalue weighted by atomic mass is 10.1. The fourth-order valence-corrected chi connectivity index (χ4v) is 3.30. The molecule has 2 N–H and O–H groups in total. The lowest BCUT2D eigenvalue weighted by molar-refractivity contribution is -0.118. The van der Waals surface area contributed by atoms with E-state index in [-0.39, 0.29) is 23.3 Å². The molecule has 0 aromatic heterocycles. The van der Waals surface area contributed by atoms with Gasteiger partial charge >= 0.3 is 0 Å². The number of hydrogen-bond donors (Lipinski definition) is 1. The molecule has 21 heavy (non-hydrogen) atoms. The number of nitrogens with zero attached hydrogens (tertiary/aromatic N) is 2. The molecule has 0 bridgehead atoms. The molecule has 1 aliphatic rings. The van der Waals surface area contributed by atoms with E-state index >= 15 is 0 Å². The summed E-state index contributed by atoms with van der Waals surface area (Å²) in [7, 11) is -0.525. The van der Waals surface area contributed by atoms with Crippen molar-refractivity contribution >= 4 is 21.6 Å². The van der Waals surface area contributed by atoms with Gasteiger partial charge in [-0.2, -0.15) is 0 Å². The van der Waals surface area contributed by atoms with Crippen LogP contribution in [0.4, 0.5) is 5.69 Å². The fraction of sp³-hybridized carbons (Fsp3) is 0.500. The van der Waals surface area contributed by atoms with E-state index in [0.29, 0.717) is 12.2 Å². The van der Waals surface area contributed by atoms with Gasteiger partial charge in [0.2, 0.25) is 15.9 Å². The first-order chi connectivity index (χ1) is 9.73. The summed E-state index contributed by atoms with van der Waals surface area (Å²) in [4.78, 5) is 14.0. The maximum atomic E-state index is 12.2. The molecule has 1 aromatic carbocycles. The van der Waals surface area contributed by atoms with Gasteiger partial charge in [-0.1, -0.05) is 6.07 Å². The molecule has 0 saturated heterocycles. The molecule has 116 valence electrons. The highest BCUT2D eigenvalue weighted by molar-refractivity contribution is 7.89. The molecule has 1 amide bonds. The number of amides is 1. The summed E-state index contributed by atoms with van der Waals surface area (Å²) >= 11 is 0. The van der Waals surface area contributed by atoms with Crippen LogP contribution in [-0.4, -0.2) is 45.3 Å². The molecule has 7 heteroatoms. The van der Waals surface area contributed by atoms with E-state index < -0.39 is 10.0 Å². The third kappa shape index (κ3) is 3.09. The highest BCUT2D eigenvalue weighted by Gasteiger charge is 2.27. The van der Waals surface area contributed by atoms with Crippen molar-refractivity contribution in [3.8, 4) is 0 Å². The monoisotopic (exact) mass is 311 g/mol. The van der Waals surface area contributed by atoms with E-state index in [0.717, 1.165) is 16.3 Å². The number of nitrogens with two attached hydrogens (primary N) is 1. The molecule has 0 saturated carbocycles. The second-order valence-electron chi connectivity index (χ2n) is 5.55. The van der Waals surface area contributed by atoms with Gasteiger partial charge in [-0.3, -0.25) is 4.79 Å². The minimum atomic E-state index is -3.50. The van der Waals surface area contributed by atoms with Gasteiger partial charge < -0.3 is 10.6 Å². The topological polar surface area (TPSA) is 83.7 Å². The Kier molecular flexibility index (Phi) is 4.36. The Morgan fingerprint density at radius 3 is 2.67 bits per heavy atom. The predicted molar refractivity (Wildman–Crippen MR) is 81.6 cm³/mol. The summed E-state index contributed by atoms with van der Waals surface area (Å²) in [6, 6.07) is 4.74. The highest BCUT2D eigenvalue weighted by Crippen LogP contribution is 2.31. The second-order valence-corrected chi connectivity index (χ2v) is 7.71. The van der Waals surface area contributed by atoms with Crippen molar-refractivity contribution in [2.24, 2.45) is 5.73 Å². The first-order valence-corrected chi connectivity index (χ1v) is 8.29. The molecule has 1 aromatic rings. The Morgan fingerprint density at radius 2 is 2.10 bits per heavy atom. The van der Waals surface area contributed by atoms with Gasteiger partial charge in [-0.15, -0.1) is 0 Å². The predicted octanol–water partition coefficient (Wildman–Crippen LogP) is 0.563. The average molecular weight is 311 g/mol. The van der Waals surface area contributed by atoms with E-state index in [1.165, 1.54) is 14.1 Å². The molecule has 0 aliphatic carbocycles. The highest BCUT2D eigenvalue weighted by atomic mass is 32.2. The van der Waals surface area contributed by atoms with Gasteiger partial charge in [-0.25, -0.2) is 12.7 Å². The standard InChI is InChI=1S/C14H21N3O3S/c1-10(15)8-14(18)17-7-6-11-4-5-12(9-13(11)17)21(19,20)16(2)3/h4-5,9-10H,6-8,15H2,1-3H3. The van der Waals surface area contributed by atoms with Crippen molar-refractivity contribution in [1.29, 1.82) is 0 Å². The average Bonchev–Trinajstić information content (AvgIpc) is 2.80. The van der Waals surface area contributed by atoms with E-state index in [1.807, 2.05) is 0 Å². The second kappa shape index (κ2) is 5.75. The molecule has 0 spiro atoms. The number of rotatable bonds is 4. The van der Waals surface area contributed by atoms with Crippen molar-refractivity contribution in [2.75, 3.05) is 25.5 Å². The molecule has 1 aliphatic heterocycles. The Bertz CT molecular complexity index is 653. The first-order valence-electron chi connectivity index (χ1n) is 6.85. The van der Waals surface area contributed by atoms with Gasteiger partial charge in [-0.05, 0) is 31.0 Å². The van der Waals surface area contributed by atoms with Crippen LogP contribution in [0.5, 0.6) is 0 Å². The van der Waals surface area contributed by atoms with Crippen LogP contribution in [0.15, 0.2) is 23.1 Å². The summed E-state index contributed by atoms with van der Waals surface area (Å²) in [6.07, 6.45) is 0.992. The Balaban J connectivity index is 2.38. The third-order valence-corrected chi connectivity index (χ3v) is 5.34. The van der Waals surface area contributed by atoms with E-state index in [4.69, 9.17) is 5.73 Å². The Morgan fingerprint density at radius 1 is 1.43 bits per heavy atom. The van der Waals surface area contributed by atoms with E-state index in [2.05, 4.69) is 0 Å². The fourth-order valence-electron chi connectivity index (χ4n) is 2.37. The zero-order valence-corrected chi connectivity index (χ0v) is 13.4.